The van der Waals surface area contributed by atoms with Gasteiger partial charge < -0.3 is 10.2 Å². The lowest BCUT2D eigenvalue weighted by molar-refractivity contribution is 0.0189. The average molecular weight is 293 g/mol. The summed E-state index contributed by atoms with van der Waals surface area (Å²) in [6, 6.07) is 2.32. The molecule has 3 fully saturated rings. The van der Waals surface area contributed by atoms with Crippen LogP contribution in [0, 0.1) is 17.3 Å². The van der Waals surface area contributed by atoms with E-state index in [1.807, 2.05) is 0 Å². The van der Waals surface area contributed by atoms with E-state index >= 15 is 0 Å². The highest BCUT2D eigenvalue weighted by Gasteiger charge is 2.41. The van der Waals surface area contributed by atoms with Crippen LogP contribution in [0.1, 0.15) is 72.6 Å². The minimum Gasteiger partial charge on any atom is -0.311 e. The summed E-state index contributed by atoms with van der Waals surface area (Å²) in [4.78, 5) is 2.73. The Morgan fingerprint density at radius 2 is 1.67 bits per heavy atom. The molecule has 122 valence electrons. The first-order chi connectivity index (χ1) is 9.94. The molecule has 3 unspecified atom stereocenters. The molecule has 2 heteroatoms. The fourth-order valence-electron chi connectivity index (χ4n) is 5.28. The van der Waals surface area contributed by atoms with Gasteiger partial charge in [0.2, 0.25) is 0 Å². The molecule has 0 amide bonds. The lowest BCUT2D eigenvalue weighted by atomic mass is 9.71. The molecule has 0 aromatic heterocycles. The van der Waals surface area contributed by atoms with Crippen molar-refractivity contribution < 1.29 is 0 Å². The van der Waals surface area contributed by atoms with Crippen LogP contribution in [0.25, 0.3) is 0 Å². The van der Waals surface area contributed by atoms with Gasteiger partial charge in [-0.25, -0.2) is 0 Å². The van der Waals surface area contributed by atoms with Gasteiger partial charge in [-0.05, 0) is 63.2 Å². The molecule has 2 saturated carbocycles. The summed E-state index contributed by atoms with van der Waals surface area (Å²) in [7, 11) is 0. The summed E-state index contributed by atoms with van der Waals surface area (Å²) < 4.78 is 0. The van der Waals surface area contributed by atoms with E-state index in [4.69, 9.17) is 0 Å². The first-order valence-corrected chi connectivity index (χ1v) is 9.45. The predicted octanol–water partition coefficient (Wildman–Crippen LogP) is 4.05. The van der Waals surface area contributed by atoms with E-state index in [2.05, 4.69) is 37.9 Å². The molecule has 1 aliphatic heterocycles. The van der Waals surface area contributed by atoms with Gasteiger partial charge in [0.25, 0.3) is 0 Å². The molecular formula is C19H36N2. The molecule has 0 aromatic rings. The minimum atomic E-state index is 0.559. The fourth-order valence-corrected chi connectivity index (χ4v) is 5.28. The summed E-state index contributed by atoms with van der Waals surface area (Å²) in [6.07, 6.45) is 10.0. The summed E-state index contributed by atoms with van der Waals surface area (Å²) in [5.74, 6) is 1.81. The van der Waals surface area contributed by atoms with Crippen LogP contribution in [-0.2, 0) is 0 Å². The molecule has 0 aromatic carbocycles. The Morgan fingerprint density at radius 1 is 1.00 bits per heavy atom. The summed E-state index contributed by atoms with van der Waals surface area (Å²) in [5, 5.41) is 4.15. The van der Waals surface area contributed by atoms with Crippen molar-refractivity contribution in [3.63, 3.8) is 0 Å². The summed E-state index contributed by atoms with van der Waals surface area (Å²) in [6.45, 7) is 12.3. The van der Waals surface area contributed by atoms with Crippen LogP contribution in [0.3, 0.4) is 0 Å². The van der Waals surface area contributed by atoms with Crippen molar-refractivity contribution in [2.24, 2.45) is 17.3 Å². The van der Waals surface area contributed by atoms with Crippen molar-refractivity contribution in [2.75, 3.05) is 13.1 Å². The molecule has 3 aliphatic rings. The molecule has 2 aliphatic carbocycles. The van der Waals surface area contributed by atoms with Gasteiger partial charge in [0.05, 0.1) is 0 Å². The monoisotopic (exact) mass is 292 g/mol. The van der Waals surface area contributed by atoms with Crippen molar-refractivity contribution in [1.82, 2.24) is 10.2 Å². The van der Waals surface area contributed by atoms with Gasteiger partial charge in [-0.1, -0.05) is 26.7 Å². The van der Waals surface area contributed by atoms with Crippen LogP contribution in [0.2, 0.25) is 0 Å². The van der Waals surface area contributed by atoms with Gasteiger partial charge in [-0.15, -0.1) is 0 Å². The van der Waals surface area contributed by atoms with E-state index in [9.17, 15) is 0 Å². The third-order valence-electron chi connectivity index (χ3n) is 6.47. The maximum absolute atomic E-state index is 4.15. The van der Waals surface area contributed by atoms with Crippen LogP contribution in [0.15, 0.2) is 0 Å². The smallest absolute Gasteiger partial charge is 0.0151 e. The normalized spacial score (nSPS) is 40.4. The van der Waals surface area contributed by atoms with Crippen molar-refractivity contribution in [3.05, 3.63) is 0 Å². The van der Waals surface area contributed by atoms with E-state index in [0.717, 1.165) is 30.0 Å². The first kappa shape index (κ1) is 15.8. The van der Waals surface area contributed by atoms with Crippen LogP contribution >= 0.6 is 0 Å². The number of nitrogens with zero attached hydrogens (tertiary/aromatic N) is 1. The molecule has 21 heavy (non-hydrogen) atoms. The second kappa shape index (κ2) is 6.20. The molecule has 1 saturated heterocycles. The molecule has 1 N–H and O–H groups in total. The molecule has 3 rings (SSSR count). The Kier molecular flexibility index (Phi) is 4.66. The van der Waals surface area contributed by atoms with Crippen LogP contribution in [-0.4, -0.2) is 36.1 Å². The number of rotatable bonds is 3. The maximum atomic E-state index is 4.15. The molecule has 2 bridgehead atoms. The Bertz CT molecular complexity index is 335. The maximum Gasteiger partial charge on any atom is 0.0151 e. The Hall–Kier alpha value is -0.0800. The zero-order chi connectivity index (χ0) is 15.0. The molecular weight excluding hydrogens is 256 g/mol. The van der Waals surface area contributed by atoms with Crippen molar-refractivity contribution in [3.8, 4) is 0 Å². The quantitative estimate of drug-likeness (QED) is 0.844. The van der Waals surface area contributed by atoms with E-state index in [-0.39, 0.29) is 0 Å². The third kappa shape index (κ3) is 3.64. The number of hydrogen-bond donors (Lipinski definition) is 1. The number of hydrogen-bond acceptors (Lipinski definition) is 2. The van der Waals surface area contributed by atoms with E-state index in [1.165, 1.54) is 58.0 Å². The Balaban J connectivity index is 1.63. The lowest BCUT2D eigenvalue weighted by Crippen LogP contribution is -2.60. The Labute approximate surface area is 132 Å². The minimum absolute atomic E-state index is 0.559. The van der Waals surface area contributed by atoms with Crippen LogP contribution in [0.4, 0.5) is 0 Å². The summed E-state index contributed by atoms with van der Waals surface area (Å²) >= 11 is 0. The van der Waals surface area contributed by atoms with Gasteiger partial charge in [0, 0.05) is 31.2 Å². The highest BCUT2D eigenvalue weighted by atomic mass is 15.2. The van der Waals surface area contributed by atoms with E-state index in [1.54, 1.807) is 0 Å². The Morgan fingerprint density at radius 3 is 2.24 bits per heavy atom. The zero-order valence-electron chi connectivity index (χ0n) is 14.7. The first-order valence-electron chi connectivity index (χ1n) is 9.45. The largest absolute Gasteiger partial charge is 0.311 e. The molecule has 2 nitrogen and oxygen atoms in total. The summed E-state index contributed by atoms with van der Waals surface area (Å²) in [5.41, 5.74) is 0.559. The van der Waals surface area contributed by atoms with Gasteiger partial charge >= 0.3 is 0 Å². The zero-order valence-corrected chi connectivity index (χ0v) is 14.7. The SMILES string of the molecule is CC(C)N1CC2CCCC(C1)C2NC1CCCC(C)(C)C1. The lowest BCUT2D eigenvalue weighted by Gasteiger charge is -2.51. The molecule has 1 heterocycles. The van der Waals surface area contributed by atoms with Gasteiger partial charge in [0.1, 0.15) is 0 Å². The van der Waals surface area contributed by atoms with Gasteiger partial charge in [-0.3, -0.25) is 0 Å². The van der Waals surface area contributed by atoms with Crippen molar-refractivity contribution >= 4 is 0 Å². The number of likely N-dealkylation sites (tertiary alicyclic amines) is 1. The van der Waals surface area contributed by atoms with E-state index in [0.29, 0.717) is 5.41 Å². The highest BCUT2D eigenvalue weighted by Crippen LogP contribution is 2.39. The van der Waals surface area contributed by atoms with Crippen molar-refractivity contribution in [2.45, 2.75) is 90.8 Å². The predicted molar refractivity (Wildman–Crippen MR) is 90.5 cm³/mol. The second-order valence-electron chi connectivity index (χ2n) is 9.15. The van der Waals surface area contributed by atoms with Gasteiger partial charge in [-0.2, -0.15) is 0 Å². The second-order valence-corrected chi connectivity index (χ2v) is 9.15. The molecule has 3 atom stereocenters. The third-order valence-corrected chi connectivity index (χ3v) is 6.47. The molecule has 0 spiro atoms. The topological polar surface area (TPSA) is 15.3 Å². The fraction of sp³-hybridized carbons (Fsp3) is 1.00. The van der Waals surface area contributed by atoms with Gasteiger partial charge in [0.15, 0.2) is 0 Å². The number of nitrogens with one attached hydrogen (secondary N) is 1. The number of piperidine rings is 1. The number of fused-ring (bicyclic) bond motifs is 2. The van der Waals surface area contributed by atoms with E-state index < -0.39 is 0 Å². The average Bonchev–Trinajstić information content (AvgIpc) is 2.36. The van der Waals surface area contributed by atoms with Crippen LogP contribution < -0.4 is 5.32 Å². The van der Waals surface area contributed by atoms with Crippen LogP contribution in [0.5, 0.6) is 0 Å². The standard InChI is InChI=1S/C19H36N2/c1-14(2)21-12-15-7-5-8-16(13-21)18(15)20-17-9-6-10-19(3,4)11-17/h14-18,20H,5-13H2,1-4H3. The molecule has 0 radical (unpaired) electrons. The highest BCUT2D eigenvalue weighted by molar-refractivity contribution is 4.97. The van der Waals surface area contributed by atoms with Crippen molar-refractivity contribution in [1.29, 1.82) is 0 Å².